The molecule has 0 spiro atoms. The second-order valence-electron chi connectivity index (χ2n) is 4.94. The third-order valence-electron chi connectivity index (χ3n) is 3.31. The van der Waals surface area contributed by atoms with E-state index in [-0.39, 0.29) is 23.5 Å². The first-order valence-corrected chi connectivity index (χ1v) is 6.20. The Morgan fingerprint density at radius 2 is 2.24 bits per heavy atom. The summed E-state index contributed by atoms with van der Waals surface area (Å²) in [6.45, 7) is 4.94. The minimum absolute atomic E-state index is 0.0421. The third-order valence-corrected chi connectivity index (χ3v) is 3.31. The highest BCUT2D eigenvalue weighted by molar-refractivity contribution is 6.00. The van der Waals surface area contributed by atoms with Gasteiger partial charge in [-0.15, -0.1) is 0 Å². The summed E-state index contributed by atoms with van der Waals surface area (Å²) in [6, 6.07) is 5.11. The van der Waals surface area contributed by atoms with Gasteiger partial charge in [-0.3, -0.25) is 4.79 Å². The zero-order valence-corrected chi connectivity index (χ0v) is 10.4. The molecule has 1 aromatic carbocycles. The van der Waals surface area contributed by atoms with Gasteiger partial charge in [0.1, 0.15) is 5.75 Å². The van der Waals surface area contributed by atoms with Gasteiger partial charge in [-0.25, -0.2) is 0 Å². The Morgan fingerprint density at radius 1 is 1.47 bits per heavy atom. The van der Waals surface area contributed by atoms with E-state index in [1.165, 1.54) is 0 Å². The van der Waals surface area contributed by atoms with Gasteiger partial charge >= 0.3 is 0 Å². The molecule has 1 aliphatic heterocycles. The molecule has 17 heavy (non-hydrogen) atoms. The van der Waals surface area contributed by atoms with Crippen LogP contribution in [0.4, 0.5) is 0 Å². The number of Topliss-reactive ketones (excluding diaryl/α,β-unsaturated/α-hetero) is 1. The number of phenolic OH excluding ortho intramolecular Hbond substituents is 1. The van der Waals surface area contributed by atoms with Crippen molar-refractivity contribution >= 4 is 5.78 Å². The van der Waals surface area contributed by atoms with Gasteiger partial charge in [0.05, 0.1) is 6.04 Å². The maximum atomic E-state index is 12.2. The minimum Gasteiger partial charge on any atom is -0.508 e. The molecule has 3 heteroatoms. The summed E-state index contributed by atoms with van der Waals surface area (Å²) < 4.78 is 0. The van der Waals surface area contributed by atoms with Gasteiger partial charge in [0.15, 0.2) is 5.78 Å². The molecule has 0 aromatic heterocycles. The van der Waals surface area contributed by atoms with Crippen LogP contribution in [0.1, 0.15) is 48.5 Å². The molecule has 92 valence electrons. The molecule has 3 nitrogen and oxygen atoms in total. The molecular formula is C14H19NO2. The molecule has 1 fully saturated rings. The fraction of sp³-hybridized carbons (Fsp3) is 0.500. The Kier molecular flexibility index (Phi) is 3.48. The number of carbonyl (C=O) groups excluding carboxylic acids is 1. The molecule has 0 amide bonds. The van der Waals surface area contributed by atoms with E-state index >= 15 is 0 Å². The van der Waals surface area contributed by atoms with Gasteiger partial charge in [-0.1, -0.05) is 13.8 Å². The van der Waals surface area contributed by atoms with Crippen LogP contribution >= 0.6 is 0 Å². The predicted octanol–water partition coefficient (Wildman–Crippen LogP) is 2.45. The number of hydrogen-bond donors (Lipinski definition) is 2. The molecule has 1 aliphatic rings. The lowest BCUT2D eigenvalue weighted by molar-refractivity contribution is 0.0952. The monoisotopic (exact) mass is 233 g/mol. The summed E-state index contributed by atoms with van der Waals surface area (Å²) in [6.07, 6.45) is 1.97. The Bertz CT molecular complexity index is 420. The molecule has 1 unspecified atom stereocenters. The Labute approximate surface area is 102 Å². The number of ketones is 1. The first-order valence-electron chi connectivity index (χ1n) is 6.20. The molecule has 1 heterocycles. The van der Waals surface area contributed by atoms with Gasteiger partial charge in [-0.05, 0) is 49.1 Å². The topological polar surface area (TPSA) is 49.3 Å². The van der Waals surface area contributed by atoms with Crippen molar-refractivity contribution in [2.24, 2.45) is 0 Å². The number of nitrogens with one attached hydrogen (secondary N) is 1. The predicted molar refractivity (Wildman–Crippen MR) is 67.6 cm³/mol. The smallest absolute Gasteiger partial charge is 0.179 e. The number of rotatable bonds is 3. The van der Waals surface area contributed by atoms with Crippen molar-refractivity contribution < 1.29 is 9.90 Å². The van der Waals surface area contributed by atoms with Gasteiger partial charge < -0.3 is 10.4 Å². The summed E-state index contributed by atoms with van der Waals surface area (Å²) in [7, 11) is 0. The Morgan fingerprint density at radius 3 is 2.82 bits per heavy atom. The van der Waals surface area contributed by atoms with Crippen molar-refractivity contribution in [2.75, 3.05) is 6.54 Å². The van der Waals surface area contributed by atoms with Crippen molar-refractivity contribution in [2.45, 2.75) is 38.6 Å². The van der Waals surface area contributed by atoms with Crippen LogP contribution in [0.2, 0.25) is 0 Å². The third kappa shape index (κ3) is 2.50. The lowest BCUT2D eigenvalue weighted by Crippen LogP contribution is -2.30. The van der Waals surface area contributed by atoms with Crippen LogP contribution in [0.15, 0.2) is 18.2 Å². The molecule has 2 N–H and O–H groups in total. The Balaban J connectivity index is 2.26. The van der Waals surface area contributed by atoms with E-state index in [0.29, 0.717) is 5.56 Å². The lowest BCUT2D eigenvalue weighted by atomic mass is 9.95. The van der Waals surface area contributed by atoms with Crippen LogP contribution in [-0.2, 0) is 0 Å². The largest absolute Gasteiger partial charge is 0.508 e. The highest BCUT2D eigenvalue weighted by Crippen LogP contribution is 2.27. The summed E-state index contributed by atoms with van der Waals surface area (Å²) in [5.74, 6) is 0.639. The molecule has 0 bridgehead atoms. The van der Waals surface area contributed by atoms with Crippen molar-refractivity contribution in [3.63, 3.8) is 0 Å². The normalized spacial score (nSPS) is 19.8. The van der Waals surface area contributed by atoms with Gasteiger partial charge in [0.25, 0.3) is 0 Å². The first kappa shape index (κ1) is 12.1. The molecule has 1 saturated heterocycles. The maximum absolute atomic E-state index is 12.2. The second-order valence-corrected chi connectivity index (χ2v) is 4.94. The van der Waals surface area contributed by atoms with E-state index in [0.717, 1.165) is 24.9 Å². The number of benzene rings is 1. The lowest BCUT2D eigenvalue weighted by Gasteiger charge is -2.13. The van der Waals surface area contributed by atoms with Gasteiger partial charge in [-0.2, -0.15) is 0 Å². The highest BCUT2D eigenvalue weighted by atomic mass is 16.3. The highest BCUT2D eigenvalue weighted by Gasteiger charge is 2.23. The number of phenols is 1. The number of aromatic hydroxyl groups is 1. The first-order chi connectivity index (χ1) is 8.09. The van der Waals surface area contributed by atoms with E-state index in [1.54, 1.807) is 12.1 Å². The van der Waals surface area contributed by atoms with Crippen LogP contribution in [-0.4, -0.2) is 23.5 Å². The number of hydrogen-bond acceptors (Lipinski definition) is 3. The van der Waals surface area contributed by atoms with Gasteiger partial charge in [0.2, 0.25) is 0 Å². The fourth-order valence-corrected chi connectivity index (χ4v) is 2.28. The second kappa shape index (κ2) is 4.88. The van der Waals surface area contributed by atoms with Crippen LogP contribution in [0.5, 0.6) is 5.75 Å². The zero-order valence-electron chi connectivity index (χ0n) is 10.4. The minimum atomic E-state index is -0.0421. The number of carbonyl (C=O) groups is 1. The standard InChI is InChI=1S/C14H19NO2/c1-9(2)11-8-10(5-6-13(11)16)14(17)12-4-3-7-15-12/h5-6,8-9,12,15-16H,3-4,7H2,1-2H3. The molecule has 1 atom stereocenters. The molecule has 2 rings (SSSR count). The molecular weight excluding hydrogens is 214 g/mol. The van der Waals surface area contributed by atoms with Crippen molar-refractivity contribution in [3.05, 3.63) is 29.3 Å². The van der Waals surface area contributed by atoms with Crippen LogP contribution in [0, 0.1) is 0 Å². The van der Waals surface area contributed by atoms with E-state index < -0.39 is 0 Å². The van der Waals surface area contributed by atoms with Crippen LogP contribution in [0.25, 0.3) is 0 Å². The summed E-state index contributed by atoms with van der Waals surface area (Å²) in [4.78, 5) is 12.2. The molecule has 1 aromatic rings. The quantitative estimate of drug-likeness (QED) is 0.788. The summed E-state index contributed by atoms with van der Waals surface area (Å²) >= 11 is 0. The maximum Gasteiger partial charge on any atom is 0.179 e. The average molecular weight is 233 g/mol. The molecule has 0 radical (unpaired) electrons. The van der Waals surface area contributed by atoms with Gasteiger partial charge in [0, 0.05) is 5.56 Å². The molecule has 0 saturated carbocycles. The SMILES string of the molecule is CC(C)c1cc(C(=O)C2CCCN2)ccc1O. The van der Waals surface area contributed by atoms with Crippen LogP contribution in [0.3, 0.4) is 0 Å². The van der Waals surface area contributed by atoms with Crippen LogP contribution < -0.4 is 5.32 Å². The van der Waals surface area contributed by atoms with Crippen molar-refractivity contribution in [3.8, 4) is 5.75 Å². The molecule has 0 aliphatic carbocycles. The average Bonchev–Trinajstić information content (AvgIpc) is 2.81. The van der Waals surface area contributed by atoms with Crippen molar-refractivity contribution in [1.29, 1.82) is 0 Å². The zero-order chi connectivity index (χ0) is 12.4. The summed E-state index contributed by atoms with van der Waals surface area (Å²) in [5.41, 5.74) is 1.54. The Hall–Kier alpha value is -1.35. The van der Waals surface area contributed by atoms with Crippen molar-refractivity contribution in [1.82, 2.24) is 5.32 Å². The van der Waals surface area contributed by atoms with E-state index in [1.807, 2.05) is 19.9 Å². The van der Waals surface area contributed by atoms with E-state index in [9.17, 15) is 9.90 Å². The fourth-order valence-electron chi connectivity index (χ4n) is 2.28. The summed E-state index contributed by atoms with van der Waals surface area (Å²) in [5, 5.41) is 12.9. The van der Waals surface area contributed by atoms with E-state index in [2.05, 4.69) is 5.32 Å². The van der Waals surface area contributed by atoms with E-state index in [4.69, 9.17) is 0 Å².